The monoisotopic (exact) mass is 339 g/mol. The molecular formula is C19H13Cl2N2. The molecule has 0 spiro atoms. The third-order valence-electron chi connectivity index (χ3n) is 3.85. The molecule has 2 nitrogen and oxygen atoms in total. The minimum atomic E-state index is 0.611. The molecule has 0 unspecified atom stereocenters. The predicted octanol–water partition coefficient (Wildman–Crippen LogP) is 5.42. The van der Waals surface area contributed by atoms with Crippen molar-refractivity contribution in [1.29, 1.82) is 0 Å². The molecule has 0 bridgehead atoms. The maximum atomic E-state index is 6.17. The number of hydrogen-bond acceptors (Lipinski definition) is 1. The molecule has 2 aromatic carbocycles. The standard InChI is InChI=1S/C19H13Cl2N2/c20-15-9-14(10-16(21)11-15)19-22-17-7-3-4-8-18(17)23(19)12-13-5-1-2-6-13/h1-11H,12H2. The van der Waals surface area contributed by atoms with Crippen LogP contribution in [0.2, 0.25) is 10.0 Å². The van der Waals surface area contributed by atoms with E-state index in [1.807, 2.05) is 43.2 Å². The number of halogens is 2. The summed E-state index contributed by atoms with van der Waals surface area (Å²) >= 11 is 12.3. The highest BCUT2D eigenvalue weighted by atomic mass is 35.5. The fourth-order valence-electron chi connectivity index (χ4n) is 2.84. The second kappa shape index (κ2) is 6.18. The Kier molecular flexibility index (Phi) is 4.04. The number of aromatic nitrogens is 2. The number of para-hydroxylation sites is 2. The lowest BCUT2D eigenvalue weighted by atomic mass is 10.1. The first-order valence-electron chi connectivity index (χ1n) is 7.33. The topological polar surface area (TPSA) is 17.8 Å². The summed E-state index contributed by atoms with van der Waals surface area (Å²) in [7, 11) is 0. The van der Waals surface area contributed by atoms with Crippen LogP contribution >= 0.6 is 23.2 Å². The molecule has 0 amide bonds. The zero-order valence-electron chi connectivity index (χ0n) is 12.2. The highest BCUT2D eigenvalue weighted by molar-refractivity contribution is 6.35. The number of imidazole rings is 1. The van der Waals surface area contributed by atoms with Gasteiger partial charge in [-0.05, 0) is 56.0 Å². The molecule has 4 rings (SSSR count). The van der Waals surface area contributed by atoms with Gasteiger partial charge in [0.2, 0.25) is 0 Å². The molecule has 0 saturated heterocycles. The lowest BCUT2D eigenvalue weighted by Crippen LogP contribution is -2.08. The number of benzene rings is 2. The van der Waals surface area contributed by atoms with Crippen LogP contribution in [0, 0.1) is 31.6 Å². The Hall–Kier alpha value is -1.51. The zero-order chi connectivity index (χ0) is 15.8. The molecule has 1 saturated carbocycles. The first-order chi connectivity index (χ1) is 11.2. The summed E-state index contributed by atoms with van der Waals surface area (Å²) in [5.41, 5.74) is 2.98. The fourth-order valence-corrected chi connectivity index (χ4v) is 3.37. The average molecular weight is 340 g/mol. The van der Waals surface area contributed by atoms with Crippen molar-refractivity contribution in [3.63, 3.8) is 0 Å². The number of fused-ring (bicyclic) bond motifs is 1. The molecule has 1 heterocycles. The maximum Gasteiger partial charge on any atom is 0.141 e. The molecule has 1 aromatic heterocycles. The first-order valence-corrected chi connectivity index (χ1v) is 8.08. The number of nitrogens with zero attached hydrogens (tertiary/aromatic N) is 2. The highest BCUT2D eigenvalue weighted by Gasteiger charge is 2.21. The van der Waals surface area contributed by atoms with Crippen LogP contribution in [0.5, 0.6) is 0 Å². The van der Waals surface area contributed by atoms with Crippen molar-refractivity contribution in [2.45, 2.75) is 6.54 Å². The van der Waals surface area contributed by atoms with Crippen LogP contribution in [0.1, 0.15) is 0 Å². The Labute approximate surface area is 146 Å². The lowest BCUT2D eigenvalue weighted by Gasteiger charge is -2.14. The summed E-state index contributed by atoms with van der Waals surface area (Å²) in [5.74, 6) is 2.11. The van der Waals surface area contributed by atoms with Gasteiger partial charge in [-0.3, -0.25) is 0 Å². The van der Waals surface area contributed by atoms with Gasteiger partial charge in [-0.15, -0.1) is 0 Å². The van der Waals surface area contributed by atoms with Gasteiger partial charge < -0.3 is 4.57 Å². The van der Waals surface area contributed by atoms with Crippen molar-refractivity contribution < 1.29 is 0 Å². The van der Waals surface area contributed by atoms with Crippen LogP contribution in [0.4, 0.5) is 0 Å². The zero-order valence-corrected chi connectivity index (χ0v) is 13.7. The smallest absolute Gasteiger partial charge is 0.141 e. The quantitative estimate of drug-likeness (QED) is 0.623. The third kappa shape index (κ3) is 2.98. The Bertz CT molecular complexity index is 827. The molecular weight excluding hydrogens is 327 g/mol. The van der Waals surface area contributed by atoms with Crippen LogP contribution in [-0.2, 0) is 6.54 Å². The molecule has 0 atom stereocenters. The second-order valence-corrected chi connectivity index (χ2v) is 6.33. The van der Waals surface area contributed by atoms with E-state index in [1.165, 1.54) is 5.92 Å². The molecule has 4 heteroatoms. The maximum absolute atomic E-state index is 6.17. The van der Waals surface area contributed by atoms with Crippen molar-refractivity contribution in [2.24, 2.45) is 0 Å². The van der Waals surface area contributed by atoms with Gasteiger partial charge in [0.1, 0.15) is 5.82 Å². The number of rotatable bonds is 3. The van der Waals surface area contributed by atoms with Gasteiger partial charge >= 0.3 is 0 Å². The third-order valence-corrected chi connectivity index (χ3v) is 4.28. The van der Waals surface area contributed by atoms with Crippen molar-refractivity contribution in [3.05, 3.63) is 84.1 Å². The van der Waals surface area contributed by atoms with Gasteiger partial charge in [-0.2, -0.15) is 0 Å². The second-order valence-electron chi connectivity index (χ2n) is 5.46. The van der Waals surface area contributed by atoms with Crippen LogP contribution in [0.3, 0.4) is 0 Å². The molecule has 5 radical (unpaired) electrons. The molecule has 0 aliphatic heterocycles. The van der Waals surface area contributed by atoms with Crippen molar-refractivity contribution in [2.75, 3.05) is 0 Å². The molecule has 1 fully saturated rings. The Balaban J connectivity index is 1.87. The van der Waals surface area contributed by atoms with Crippen molar-refractivity contribution >= 4 is 34.2 Å². The highest BCUT2D eigenvalue weighted by Crippen LogP contribution is 2.32. The van der Waals surface area contributed by atoms with E-state index in [0.29, 0.717) is 10.0 Å². The van der Waals surface area contributed by atoms with Crippen LogP contribution < -0.4 is 0 Å². The summed E-state index contributed by atoms with van der Waals surface area (Å²) in [6.07, 6.45) is 8.32. The molecule has 1 aliphatic rings. The van der Waals surface area contributed by atoms with Gasteiger partial charge in [0.15, 0.2) is 0 Å². The fraction of sp³-hybridized carbons (Fsp3) is 0.0526. The molecule has 23 heavy (non-hydrogen) atoms. The summed E-state index contributed by atoms with van der Waals surface area (Å²) in [6.45, 7) is 0.757. The lowest BCUT2D eigenvalue weighted by molar-refractivity contribution is 0.773. The Morgan fingerprint density at radius 3 is 2.35 bits per heavy atom. The normalized spacial score (nSPS) is 15.6. The van der Waals surface area contributed by atoms with E-state index < -0.39 is 0 Å². The molecule has 0 N–H and O–H groups in total. The van der Waals surface area contributed by atoms with Gasteiger partial charge in [0.25, 0.3) is 0 Å². The van der Waals surface area contributed by atoms with Crippen molar-refractivity contribution in [1.82, 2.24) is 9.55 Å². The van der Waals surface area contributed by atoms with E-state index in [4.69, 9.17) is 28.2 Å². The van der Waals surface area contributed by atoms with E-state index >= 15 is 0 Å². The van der Waals surface area contributed by atoms with Crippen LogP contribution in [0.15, 0.2) is 42.5 Å². The summed E-state index contributed by atoms with van der Waals surface area (Å²) in [4.78, 5) is 4.79. The molecule has 113 valence electrons. The predicted molar refractivity (Wildman–Crippen MR) is 95.6 cm³/mol. The minimum absolute atomic E-state index is 0.611. The van der Waals surface area contributed by atoms with Gasteiger partial charge in [-0.1, -0.05) is 35.3 Å². The SMILES string of the molecule is Clc1cc(Cl)cc(-c2nc3ccccc3n2C[C]2[CH][CH][CH][CH]2)c1. The summed E-state index contributed by atoms with van der Waals surface area (Å²) < 4.78 is 2.20. The minimum Gasteiger partial charge on any atom is -0.323 e. The summed E-state index contributed by atoms with van der Waals surface area (Å²) in [6, 6.07) is 13.7. The van der Waals surface area contributed by atoms with Gasteiger partial charge in [-0.25, -0.2) is 4.98 Å². The van der Waals surface area contributed by atoms with Crippen LogP contribution in [-0.4, -0.2) is 9.55 Å². The van der Waals surface area contributed by atoms with E-state index in [1.54, 1.807) is 6.07 Å². The average Bonchev–Trinajstić information content (AvgIpc) is 3.15. The molecule has 1 aliphatic carbocycles. The van der Waals surface area contributed by atoms with Gasteiger partial charge in [0.05, 0.1) is 11.0 Å². The van der Waals surface area contributed by atoms with E-state index in [0.717, 1.165) is 29.0 Å². The van der Waals surface area contributed by atoms with Crippen LogP contribution in [0.25, 0.3) is 22.4 Å². The largest absolute Gasteiger partial charge is 0.323 e. The van der Waals surface area contributed by atoms with E-state index in [2.05, 4.69) is 23.5 Å². The Morgan fingerprint density at radius 1 is 0.913 bits per heavy atom. The summed E-state index contributed by atoms with van der Waals surface area (Å²) in [5, 5.41) is 1.22. The number of hydrogen-bond donors (Lipinski definition) is 0. The van der Waals surface area contributed by atoms with Crippen molar-refractivity contribution in [3.8, 4) is 11.4 Å². The Morgan fingerprint density at radius 2 is 1.61 bits per heavy atom. The van der Waals surface area contributed by atoms with E-state index in [9.17, 15) is 0 Å². The van der Waals surface area contributed by atoms with Gasteiger partial charge in [0, 0.05) is 28.1 Å². The molecule has 3 aromatic rings. The first kappa shape index (κ1) is 15.0. The van der Waals surface area contributed by atoms with E-state index in [-0.39, 0.29) is 0 Å².